The van der Waals surface area contributed by atoms with Gasteiger partial charge in [-0.3, -0.25) is 9.78 Å². The van der Waals surface area contributed by atoms with Gasteiger partial charge in [0.1, 0.15) is 5.82 Å². The highest BCUT2D eigenvalue weighted by Gasteiger charge is 2.25. The molecule has 0 saturated heterocycles. The highest BCUT2D eigenvalue weighted by atomic mass is 79.9. The number of nitrogens with zero attached hydrogens (tertiary/aromatic N) is 3. The number of carbonyl (C=O) groups is 1. The first-order chi connectivity index (χ1) is 19.4. The van der Waals surface area contributed by atoms with Crippen LogP contribution in [-0.4, -0.2) is 28.6 Å². The van der Waals surface area contributed by atoms with Crippen molar-refractivity contribution < 1.29 is 13.2 Å². The van der Waals surface area contributed by atoms with Crippen molar-refractivity contribution in [3.63, 3.8) is 0 Å². The quantitative estimate of drug-likeness (QED) is 0.222. The van der Waals surface area contributed by atoms with Crippen LogP contribution >= 0.6 is 15.9 Å². The molecule has 5 rings (SSSR count). The van der Waals surface area contributed by atoms with Crippen LogP contribution in [0.1, 0.15) is 43.2 Å². The van der Waals surface area contributed by atoms with Gasteiger partial charge in [-0.15, -0.1) is 0 Å². The number of pyridine rings is 2. The molecule has 2 aromatic carbocycles. The minimum atomic E-state index is -3.76. The van der Waals surface area contributed by atoms with Crippen LogP contribution in [0, 0.1) is 5.92 Å². The van der Waals surface area contributed by atoms with Crippen molar-refractivity contribution >= 4 is 37.7 Å². The highest BCUT2D eigenvalue weighted by Crippen LogP contribution is 2.27. The maximum Gasteiger partial charge on any atom is 0.243 e. The molecule has 2 aromatic heterocycles. The Kier molecular flexibility index (Phi) is 9.04. The van der Waals surface area contributed by atoms with E-state index in [9.17, 15) is 13.2 Å². The van der Waals surface area contributed by atoms with E-state index in [-0.39, 0.29) is 29.8 Å². The molecule has 0 spiro atoms. The molecule has 7 nitrogen and oxygen atoms in total. The molecule has 1 fully saturated rings. The summed E-state index contributed by atoms with van der Waals surface area (Å²) in [6, 6.07) is 21.9. The topological polar surface area (TPSA) is 92.3 Å². The van der Waals surface area contributed by atoms with Gasteiger partial charge in [-0.1, -0.05) is 65.5 Å². The maximum absolute atomic E-state index is 13.6. The van der Waals surface area contributed by atoms with Crippen molar-refractivity contribution in [2.75, 3.05) is 5.32 Å². The molecule has 1 N–H and O–H groups in total. The Bertz CT molecular complexity index is 1520. The second kappa shape index (κ2) is 12.8. The number of amides is 1. The van der Waals surface area contributed by atoms with E-state index in [1.165, 1.54) is 10.7 Å². The lowest BCUT2D eigenvalue weighted by Gasteiger charge is -2.22. The van der Waals surface area contributed by atoms with E-state index in [1.807, 2.05) is 42.5 Å². The van der Waals surface area contributed by atoms with E-state index < -0.39 is 10.0 Å². The predicted octanol–water partition coefficient (Wildman–Crippen LogP) is 6.82. The minimum Gasteiger partial charge on any atom is -0.310 e. The summed E-state index contributed by atoms with van der Waals surface area (Å²) in [7, 11) is -3.76. The summed E-state index contributed by atoms with van der Waals surface area (Å²) in [6.07, 6.45) is 10.4. The molecule has 0 bridgehead atoms. The normalized spacial score (nSPS) is 14.2. The number of halogens is 1. The molecule has 9 heteroatoms. The Morgan fingerprint density at radius 1 is 0.850 bits per heavy atom. The Labute approximate surface area is 243 Å². The summed E-state index contributed by atoms with van der Waals surface area (Å²) < 4.78 is 29.5. The van der Waals surface area contributed by atoms with Gasteiger partial charge in [0.2, 0.25) is 15.9 Å². The number of anilines is 1. The average molecular weight is 620 g/mol. The Balaban J connectivity index is 1.30. The van der Waals surface area contributed by atoms with Crippen LogP contribution in [0.3, 0.4) is 0 Å². The number of aromatic nitrogens is 2. The summed E-state index contributed by atoms with van der Waals surface area (Å²) >= 11 is 3.37. The third-order valence-corrected chi connectivity index (χ3v) is 9.50. The molecule has 1 saturated carbocycles. The smallest absolute Gasteiger partial charge is 0.243 e. The van der Waals surface area contributed by atoms with Gasteiger partial charge in [0.15, 0.2) is 0 Å². The predicted molar refractivity (Wildman–Crippen MR) is 160 cm³/mol. The SMILES string of the molecule is O=C(Nc1ccc(-c2ccc(CN(Cc3cccnc3)S(=O)(=O)c3ccc(Br)cc3)cc2)cn1)C1CCCCC1. The van der Waals surface area contributed by atoms with Gasteiger partial charge in [-0.25, -0.2) is 13.4 Å². The molecule has 4 aromatic rings. The van der Waals surface area contributed by atoms with Crippen molar-refractivity contribution in [2.45, 2.75) is 50.1 Å². The number of sulfonamides is 1. The molecule has 206 valence electrons. The first kappa shape index (κ1) is 28.1. The summed E-state index contributed by atoms with van der Waals surface area (Å²) in [5.41, 5.74) is 3.53. The Hall–Kier alpha value is -3.40. The molecule has 2 heterocycles. The monoisotopic (exact) mass is 618 g/mol. The van der Waals surface area contributed by atoms with Gasteiger partial charge in [-0.2, -0.15) is 4.31 Å². The van der Waals surface area contributed by atoms with Crippen LogP contribution < -0.4 is 5.32 Å². The Morgan fingerprint density at radius 2 is 1.55 bits per heavy atom. The molecule has 1 aliphatic rings. The molecular weight excluding hydrogens is 588 g/mol. The lowest BCUT2D eigenvalue weighted by Crippen LogP contribution is -2.30. The van der Waals surface area contributed by atoms with Crippen molar-refractivity contribution in [2.24, 2.45) is 5.92 Å². The van der Waals surface area contributed by atoms with E-state index in [1.54, 1.807) is 48.9 Å². The van der Waals surface area contributed by atoms with E-state index in [0.717, 1.165) is 52.4 Å². The van der Waals surface area contributed by atoms with Gasteiger partial charge in [-0.05, 0) is 72.0 Å². The number of rotatable bonds is 9. The summed E-state index contributed by atoms with van der Waals surface area (Å²) in [6.45, 7) is 0.407. The lowest BCUT2D eigenvalue weighted by atomic mass is 9.89. The zero-order valence-electron chi connectivity index (χ0n) is 22.0. The van der Waals surface area contributed by atoms with E-state index in [4.69, 9.17) is 0 Å². The number of benzene rings is 2. The summed E-state index contributed by atoms with van der Waals surface area (Å²) in [5, 5.41) is 2.95. The summed E-state index contributed by atoms with van der Waals surface area (Å²) in [5.74, 6) is 0.687. The van der Waals surface area contributed by atoms with Gasteiger partial charge in [0.25, 0.3) is 0 Å². The Morgan fingerprint density at radius 3 is 2.20 bits per heavy atom. The van der Waals surface area contributed by atoms with Gasteiger partial charge < -0.3 is 5.32 Å². The van der Waals surface area contributed by atoms with E-state index in [2.05, 4.69) is 31.2 Å². The van der Waals surface area contributed by atoms with E-state index >= 15 is 0 Å². The third kappa shape index (κ3) is 7.02. The first-order valence-electron chi connectivity index (χ1n) is 13.4. The maximum atomic E-state index is 13.6. The summed E-state index contributed by atoms with van der Waals surface area (Å²) in [4.78, 5) is 21.4. The third-order valence-electron chi connectivity index (χ3n) is 7.17. The van der Waals surface area contributed by atoms with Crippen molar-refractivity contribution in [1.29, 1.82) is 0 Å². The van der Waals surface area contributed by atoms with Gasteiger partial charge >= 0.3 is 0 Å². The first-order valence-corrected chi connectivity index (χ1v) is 15.6. The second-order valence-electron chi connectivity index (χ2n) is 10.0. The molecule has 0 atom stereocenters. The molecule has 1 amide bonds. The van der Waals surface area contributed by atoms with Crippen LogP contribution in [0.15, 0.2) is 101 Å². The zero-order chi connectivity index (χ0) is 28.0. The van der Waals surface area contributed by atoms with Crippen LogP contribution in [-0.2, 0) is 27.9 Å². The minimum absolute atomic E-state index is 0.0539. The van der Waals surface area contributed by atoms with Crippen LogP contribution in [0.25, 0.3) is 11.1 Å². The second-order valence-corrected chi connectivity index (χ2v) is 12.9. The lowest BCUT2D eigenvalue weighted by molar-refractivity contribution is -0.120. The zero-order valence-corrected chi connectivity index (χ0v) is 24.4. The number of nitrogens with one attached hydrogen (secondary N) is 1. The fraction of sp³-hybridized carbons (Fsp3) is 0.258. The average Bonchev–Trinajstić information content (AvgIpc) is 2.99. The van der Waals surface area contributed by atoms with Crippen LogP contribution in [0.2, 0.25) is 0 Å². The molecule has 0 aliphatic heterocycles. The molecule has 1 aliphatic carbocycles. The van der Waals surface area contributed by atoms with Crippen molar-refractivity contribution in [3.05, 3.63) is 107 Å². The van der Waals surface area contributed by atoms with Crippen LogP contribution in [0.5, 0.6) is 0 Å². The largest absolute Gasteiger partial charge is 0.310 e. The number of hydrogen-bond donors (Lipinski definition) is 1. The molecule has 0 unspecified atom stereocenters. The molecule has 40 heavy (non-hydrogen) atoms. The van der Waals surface area contributed by atoms with E-state index in [0.29, 0.717) is 5.82 Å². The van der Waals surface area contributed by atoms with Crippen LogP contribution in [0.4, 0.5) is 5.82 Å². The standard InChI is InChI=1S/C31H31BrN4O3S/c32-28-13-15-29(16-14-28)40(38,39)36(22-24-5-4-18-33-19-24)21-23-8-10-25(11-9-23)27-12-17-30(34-20-27)35-31(37)26-6-2-1-3-7-26/h4-5,8-20,26H,1-3,6-7,21-22H2,(H,34,35,37). The van der Waals surface area contributed by atoms with Crippen molar-refractivity contribution in [1.82, 2.24) is 14.3 Å². The van der Waals surface area contributed by atoms with Gasteiger partial charge in [0, 0.05) is 47.6 Å². The van der Waals surface area contributed by atoms with Gasteiger partial charge in [0.05, 0.1) is 4.90 Å². The fourth-order valence-electron chi connectivity index (χ4n) is 4.91. The number of hydrogen-bond acceptors (Lipinski definition) is 5. The fourth-order valence-corrected chi connectivity index (χ4v) is 6.60. The molecule has 0 radical (unpaired) electrons. The molecular formula is C31H31BrN4O3S. The number of carbonyl (C=O) groups excluding carboxylic acids is 1. The van der Waals surface area contributed by atoms with Crippen molar-refractivity contribution in [3.8, 4) is 11.1 Å². The highest BCUT2D eigenvalue weighted by molar-refractivity contribution is 9.10.